The zero-order valence-electron chi connectivity index (χ0n) is 11.8. The number of thioether (sulfide) groups is 1. The molecule has 1 atom stereocenters. The maximum atomic E-state index is 5.69. The molecule has 0 saturated carbocycles. The van der Waals surface area contributed by atoms with Gasteiger partial charge in [-0.2, -0.15) is 0 Å². The number of fused-ring (bicyclic) bond motifs is 1. The van der Waals surface area contributed by atoms with Crippen LogP contribution in [0.15, 0.2) is 72.8 Å². The quantitative estimate of drug-likeness (QED) is 0.543. The molecule has 0 N–H and O–H groups in total. The summed E-state index contributed by atoms with van der Waals surface area (Å²) in [7, 11) is 0. The Labute approximate surface area is 135 Å². The van der Waals surface area contributed by atoms with Crippen LogP contribution in [-0.2, 0) is 0 Å². The van der Waals surface area contributed by atoms with Crippen molar-refractivity contribution < 1.29 is 0 Å². The zero-order valence-corrected chi connectivity index (χ0v) is 13.5. The lowest BCUT2D eigenvalue weighted by Gasteiger charge is -2.13. The Kier molecular flexibility index (Phi) is 4.37. The fraction of sp³-hybridized carbons (Fsp3) is 0.105. The minimum Gasteiger partial charge on any atom is -0.106 e. The van der Waals surface area contributed by atoms with E-state index in [-0.39, 0.29) is 0 Å². The van der Waals surface area contributed by atoms with Crippen LogP contribution in [0.3, 0.4) is 0 Å². The highest BCUT2D eigenvalue weighted by atomic mass is 32.2. The van der Waals surface area contributed by atoms with Crippen LogP contribution in [0.5, 0.6) is 0 Å². The first-order chi connectivity index (χ1) is 10.3. The molecule has 0 aromatic heterocycles. The molecule has 1 unspecified atom stereocenters. The van der Waals surface area contributed by atoms with Crippen molar-refractivity contribution in [1.29, 1.82) is 0 Å². The van der Waals surface area contributed by atoms with Gasteiger partial charge in [-0.25, -0.2) is 0 Å². The maximum Gasteiger partial charge on any atom is 0.0790 e. The number of hydrogen-bond acceptors (Lipinski definition) is 2. The Balaban J connectivity index is 1.88. The van der Waals surface area contributed by atoms with Gasteiger partial charge in [-0.1, -0.05) is 85.0 Å². The van der Waals surface area contributed by atoms with Crippen molar-refractivity contribution in [3.63, 3.8) is 0 Å². The molecule has 3 rings (SSSR count). The van der Waals surface area contributed by atoms with E-state index in [1.54, 1.807) is 11.8 Å². The predicted molar refractivity (Wildman–Crippen MR) is 98.1 cm³/mol. The standard InChI is InChI=1S/C19H16S2/c1-14(15-8-3-2-4-9-15)21-19(20)18-13-7-11-16-10-5-6-12-17(16)18/h2-14H,1H3. The summed E-state index contributed by atoms with van der Waals surface area (Å²) in [5.74, 6) is 0. The fourth-order valence-electron chi connectivity index (χ4n) is 2.42. The van der Waals surface area contributed by atoms with Crippen LogP contribution >= 0.6 is 24.0 Å². The smallest absolute Gasteiger partial charge is 0.0790 e. The summed E-state index contributed by atoms with van der Waals surface area (Å²) in [4.78, 5) is 0. The second-order valence-corrected chi connectivity index (χ2v) is 7.00. The first-order valence-corrected chi connectivity index (χ1v) is 8.28. The molecule has 0 aliphatic carbocycles. The molecular weight excluding hydrogens is 292 g/mol. The van der Waals surface area contributed by atoms with E-state index < -0.39 is 0 Å². The summed E-state index contributed by atoms with van der Waals surface area (Å²) in [6.07, 6.45) is 0. The Hall–Kier alpha value is -1.64. The van der Waals surface area contributed by atoms with E-state index >= 15 is 0 Å². The Morgan fingerprint density at radius 3 is 2.33 bits per heavy atom. The molecule has 21 heavy (non-hydrogen) atoms. The average Bonchev–Trinajstić information content (AvgIpc) is 2.55. The molecular formula is C19H16S2. The molecule has 0 saturated heterocycles. The van der Waals surface area contributed by atoms with Gasteiger partial charge >= 0.3 is 0 Å². The van der Waals surface area contributed by atoms with Gasteiger partial charge in [0.1, 0.15) is 0 Å². The van der Waals surface area contributed by atoms with Crippen molar-refractivity contribution in [2.24, 2.45) is 0 Å². The lowest BCUT2D eigenvalue weighted by atomic mass is 10.1. The molecule has 2 heteroatoms. The first kappa shape index (κ1) is 14.3. The molecule has 0 nitrogen and oxygen atoms in total. The fourth-order valence-corrected chi connectivity index (χ4v) is 3.95. The predicted octanol–water partition coefficient (Wildman–Crippen LogP) is 6.01. The van der Waals surface area contributed by atoms with Crippen molar-refractivity contribution >= 4 is 38.9 Å². The van der Waals surface area contributed by atoms with E-state index in [2.05, 4.69) is 73.7 Å². The summed E-state index contributed by atoms with van der Waals surface area (Å²) in [5.41, 5.74) is 2.47. The maximum absolute atomic E-state index is 5.69. The van der Waals surface area contributed by atoms with E-state index in [1.807, 2.05) is 6.07 Å². The van der Waals surface area contributed by atoms with Gasteiger partial charge < -0.3 is 0 Å². The molecule has 104 valence electrons. The zero-order chi connectivity index (χ0) is 14.7. The Morgan fingerprint density at radius 2 is 1.52 bits per heavy atom. The summed E-state index contributed by atoms with van der Waals surface area (Å²) >= 11 is 7.44. The van der Waals surface area contributed by atoms with Gasteiger partial charge in [0.25, 0.3) is 0 Å². The first-order valence-electron chi connectivity index (χ1n) is 6.99. The van der Waals surface area contributed by atoms with Gasteiger partial charge in [-0.15, -0.1) is 11.8 Å². The lowest BCUT2D eigenvalue weighted by Crippen LogP contribution is -1.97. The van der Waals surface area contributed by atoms with Crippen molar-refractivity contribution in [2.75, 3.05) is 0 Å². The van der Waals surface area contributed by atoms with E-state index in [4.69, 9.17) is 12.2 Å². The topological polar surface area (TPSA) is 0 Å². The lowest BCUT2D eigenvalue weighted by molar-refractivity contribution is 1.11. The Morgan fingerprint density at radius 1 is 0.857 bits per heavy atom. The normalized spacial score (nSPS) is 12.2. The van der Waals surface area contributed by atoms with Crippen LogP contribution < -0.4 is 0 Å². The van der Waals surface area contributed by atoms with Crippen LogP contribution in [0, 0.1) is 0 Å². The highest BCUT2D eigenvalue weighted by Crippen LogP contribution is 2.33. The number of benzene rings is 3. The molecule has 0 spiro atoms. The van der Waals surface area contributed by atoms with Gasteiger partial charge in [0.05, 0.1) is 4.20 Å². The highest BCUT2D eigenvalue weighted by molar-refractivity contribution is 8.23. The van der Waals surface area contributed by atoms with Crippen LogP contribution in [0.4, 0.5) is 0 Å². The Bertz CT molecular complexity index is 757. The summed E-state index contributed by atoms with van der Waals surface area (Å²) in [5, 5.41) is 2.83. The van der Waals surface area contributed by atoms with Gasteiger partial charge in [0.2, 0.25) is 0 Å². The number of hydrogen-bond donors (Lipinski definition) is 0. The van der Waals surface area contributed by atoms with Crippen LogP contribution in [-0.4, -0.2) is 4.20 Å². The SMILES string of the molecule is CC(SC(=S)c1cccc2ccccc12)c1ccccc1. The molecule has 0 aliphatic rings. The molecule has 0 heterocycles. The second kappa shape index (κ2) is 6.42. The van der Waals surface area contributed by atoms with E-state index in [9.17, 15) is 0 Å². The van der Waals surface area contributed by atoms with Crippen molar-refractivity contribution in [2.45, 2.75) is 12.2 Å². The second-order valence-electron chi connectivity index (χ2n) is 4.98. The summed E-state index contributed by atoms with van der Waals surface area (Å²) in [6, 6.07) is 25.3. The van der Waals surface area contributed by atoms with E-state index in [1.165, 1.54) is 16.3 Å². The monoisotopic (exact) mass is 308 g/mol. The minimum absolute atomic E-state index is 0.359. The van der Waals surface area contributed by atoms with Crippen LogP contribution in [0.1, 0.15) is 23.3 Å². The molecule has 3 aromatic carbocycles. The molecule has 0 fully saturated rings. The minimum atomic E-state index is 0.359. The van der Waals surface area contributed by atoms with Crippen LogP contribution in [0.2, 0.25) is 0 Å². The highest BCUT2D eigenvalue weighted by Gasteiger charge is 2.12. The molecule has 3 aromatic rings. The van der Waals surface area contributed by atoms with Gasteiger partial charge in [0.15, 0.2) is 0 Å². The third-order valence-electron chi connectivity index (χ3n) is 3.56. The molecule has 0 amide bonds. The van der Waals surface area contributed by atoms with Crippen molar-refractivity contribution in [3.8, 4) is 0 Å². The largest absolute Gasteiger partial charge is 0.106 e. The van der Waals surface area contributed by atoms with E-state index in [0.29, 0.717) is 5.25 Å². The third-order valence-corrected chi connectivity index (χ3v) is 5.13. The van der Waals surface area contributed by atoms with Gasteiger partial charge in [-0.3, -0.25) is 0 Å². The van der Waals surface area contributed by atoms with E-state index in [0.717, 1.165) is 9.76 Å². The van der Waals surface area contributed by atoms with Crippen molar-refractivity contribution in [3.05, 3.63) is 83.9 Å². The number of rotatable bonds is 3. The molecule has 0 bridgehead atoms. The van der Waals surface area contributed by atoms with Gasteiger partial charge in [0, 0.05) is 10.8 Å². The summed E-state index contributed by atoms with van der Waals surface area (Å²) in [6.45, 7) is 2.21. The van der Waals surface area contributed by atoms with Gasteiger partial charge in [-0.05, 0) is 23.3 Å². The number of thiocarbonyl (C=S) groups is 1. The molecule has 0 aliphatic heterocycles. The summed E-state index contributed by atoms with van der Waals surface area (Å²) < 4.78 is 0.961. The average molecular weight is 308 g/mol. The third kappa shape index (κ3) is 3.17. The van der Waals surface area contributed by atoms with Crippen molar-refractivity contribution in [1.82, 2.24) is 0 Å². The molecule has 0 radical (unpaired) electrons. The van der Waals surface area contributed by atoms with Crippen LogP contribution in [0.25, 0.3) is 10.8 Å².